The molecule has 1 aliphatic carbocycles. The lowest BCUT2D eigenvalue weighted by Gasteiger charge is -2.60. The van der Waals surface area contributed by atoms with Crippen LogP contribution in [0.3, 0.4) is 0 Å². The first-order chi connectivity index (χ1) is 13.6. The molecule has 3 saturated heterocycles. The summed E-state index contributed by atoms with van der Waals surface area (Å²) in [5.74, 6) is 1.60. The Morgan fingerprint density at radius 2 is 1.86 bits per heavy atom. The molecule has 0 amide bonds. The van der Waals surface area contributed by atoms with Crippen molar-refractivity contribution >= 4 is 5.96 Å². The molecule has 4 rings (SSSR count). The SMILES string of the molecule is CCNC(=NCC1(N2CCCC2)CCOCC1)NC1C2CCCOC2C1(C)C. The second kappa shape index (κ2) is 8.49. The van der Waals surface area contributed by atoms with Gasteiger partial charge in [-0.2, -0.15) is 0 Å². The van der Waals surface area contributed by atoms with Crippen LogP contribution < -0.4 is 10.6 Å². The van der Waals surface area contributed by atoms with Gasteiger partial charge in [0.2, 0.25) is 0 Å². The topological polar surface area (TPSA) is 58.1 Å². The van der Waals surface area contributed by atoms with Gasteiger partial charge in [0.25, 0.3) is 0 Å². The number of nitrogens with one attached hydrogen (secondary N) is 2. The molecule has 3 atom stereocenters. The Balaban J connectivity index is 1.46. The van der Waals surface area contributed by atoms with Crippen LogP contribution in [0, 0.1) is 11.3 Å². The number of ether oxygens (including phenoxy) is 2. The molecule has 0 bridgehead atoms. The van der Waals surface area contributed by atoms with Crippen LogP contribution in [0.4, 0.5) is 0 Å². The van der Waals surface area contributed by atoms with E-state index in [4.69, 9.17) is 14.5 Å². The zero-order chi connectivity index (χ0) is 19.6. The number of likely N-dealkylation sites (tertiary alicyclic amines) is 1. The summed E-state index contributed by atoms with van der Waals surface area (Å²) in [4.78, 5) is 7.83. The zero-order valence-corrected chi connectivity index (χ0v) is 18.1. The summed E-state index contributed by atoms with van der Waals surface area (Å²) < 4.78 is 11.8. The third kappa shape index (κ3) is 3.80. The fourth-order valence-electron chi connectivity index (χ4n) is 6.03. The van der Waals surface area contributed by atoms with Crippen LogP contribution in [0.5, 0.6) is 0 Å². The third-order valence-electron chi connectivity index (χ3n) is 7.70. The van der Waals surface area contributed by atoms with Gasteiger partial charge in [-0.3, -0.25) is 9.89 Å². The number of hydrogen-bond acceptors (Lipinski definition) is 4. The summed E-state index contributed by atoms with van der Waals surface area (Å²) >= 11 is 0. The average Bonchev–Trinajstić information content (AvgIpc) is 3.26. The fourth-order valence-corrected chi connectivity index (χ4v) is 6.03. The maximum Gasteiger partial charge on any atom is 0.191 e. The molecule has 0 radical (unpaired) electrons. The van der Waals surface area contributed by atoms with E-state index in [9.17, 15) is 0 Å². The van der Waals surface area contributed by atoms with E-state index < -0.39 is 0 Å². The zero-order valence-electron chi connectivity index (χ0n) is 18.1. The summed E-state index contributed by atoms with van der Waals surface area (Å²) in [7, 11) is 0. The van der Waals surface area contributed by atoms with Gasteiger partial charge >= 0.3 is 0 Å². The highest BCUT2D eigenvalue weighted by Gasteiger charge is 2.58. The molecule has 28 heavy (non-hydrogen) atoms. The van der Waals surface area contributed by atoms with E-state index in [0.717, 1.165) is 51.7 Å². The van der Waals surface area contributed by atoms with Crippen molar-refractivity contribution in [1.29, 1.82) is 0 Å². The monoisotopic (exact) mass is 392 g/mol. The van der Waals surface area contributed by atoms with Crippen molar-refractivity contribution in [3.8, 4) is 0 Å². The summed E-state index contributed by atoms with van der Waals surface area (Å²) in [5, 5.41) is 7.31. The first kappa shape index (κ1) is 20.4. The Labute approximate surface area is 170 Å². The quantitative estimate of drug-likeness (QED) is 0.556. The average molecular weight is 393 g/mol. The summed E-state index contributed by atoms with van der Waals surface area (Å²) in [6.07, 6.45) is 7.69. The number of fused-ring (bicyclic) bond motifs is 1. The molecule has 0 aromatic carbocycles. The molecular formula is C22H40N4O2. The number of guanidine groups is 1. The van der Waals surface area contributed by atoms with Gasteiger partial charge in [0.1, 0.15) is 0 Å². The van der Waals surface area contributed by atoms with Gasteiger partial charge in [-0.25, -0.2) is 0 Å². The van der Waals surface area contributed by atoms with Crippen LogP contribution >= 0.6 is 0 Å². The molecule has 3 heterocycles. The van der Waals surface area contributed by atoms with Gasteiger partial charge in [-0.1, -0.05) is 13.8 Å². The van der Waals surface area contributed by atoms with Crippen molar-refractivity contribution in [2.75, 3.05) is 46.0 Å². The Morgan fingerprint density at radius 1 is 1.11 bits per heavy atom. The van der Waals surface area contributed by atoms with E-state index in [0.29, 0.717) is 18.1 Å². The fraction of sp³-hybridized carbons (Fsp3) is 0.955. The highest BCUT2D eigenvalue weighted by molar-refractivity contribution is 5.80. The Hall–Kier alpha value is -0.850. The molecule has 3 aliphatic heterocycles. The lowest BCUT2D eigenvalue weighted by atomic mass is 9.55. The van der Waals surface area contributed by atoms with Crippen molar-refractivity contribution < 1.29 is 9.47 Å². The number of aliphatic imine (C=N–C) groups is 1. The summed E-state index contributed by atoms with van der Waals surface area (Å²) in [5.41, 5.74) is 0.343. The van der Waals surface area contributed by atoms with E-state index in [1.165, 1.54) is 38.8 Å². The normalized spacial score (nSPS) is 35.1. The maximum absolute atomic E-state index is 6.08. The summed E-state index contributed by atoms with van der Waals surface area (Å²) in [6.45, 7) is 13.7. The highest BCUT2D eigenvalue weighted by Crippen LogP contribution is 2.51. The lowest BCUT2D eigenvalue weighted by Crippen LogP contribution is -2.71. The molecule has 4 fully saturated rings. The van der Waals surface area contributed by atoms with E-state index in [1.54, 1.807) is 0 Å². The second-order valence-corrected chi connectivity index (χ2v) is 9.77. The maximum atomic E-state index is 6.08. The van der Waals surface area contributed by atoms with Crippen molar-refractivity contribution in [1.82, 2.24) is 15.5 Å². The van der Waals surface area contributed by atoms with Gasteiger partial charge in [-0.05, 0) is 58.5 Å². The van der Waals surface area contributed by atoms with E-state index in [2.05, 4.69) is 36.3 Å². The Kier molecular flexibility index (Phi) is 6.19. The minimum atomic E-state index is 0.159. The molecule has 0 spiro atoms. The van der Waals surface area contributed by atoms with Crippen molar-refractivity contribution in [3.05, 3.63) is 0 Å². The Morgan fingerprint density at radius 3 is 2.57 bits per heavy atom. The smallest absolute Gasteiger partial charge is 0.191 e. The number of nitrogens with zero attached hydrogens (tertiary/aromatic N) is 2. The van der Waals surface area contributed by atoms with Gasteiger partial charge < -0.3 is 20.1 Å². The van der Waals surface area contributed by atoms with Crippen molar-refractivity contribution in [2.45, 2.75) is 77.0 Å². The molecule has 2 N–H and O–H groups in total. The molecule has 4 aliphatic rings. The molecular weight excluding hydrogens is 352 g/mol. The Bertz CT molecular complexity index is 553. The molecule has 0 aromatic rings. The molecule has 160 valence electrons. The largest absolute Gasteiger partial charge is 0.381 e. The van der Waals surface area contributed by atoms with Crippen LogP contribution in [0.1, 0.15) is 59.3 Å². The van der Waals surface area contributed by atoms with Gasteiger partial charge in [0.05, 0.1) is 12.6 Å². The van der Waals surface area contributed by atoms with Crippen LogP contribution in [0.25, 0.3) is 0 Å². The third-order valence-corrected chi connectivity index (χ3v) is 7.70. The number of rotatable bonds is 5. The predicted octanol–water partition coefficient (Wildman–Crippen LogP) is 2.39. The van der Waals surface area contributed by atoms with Crippen LogP contribution in [-0.2, 0) is 9.47 Å². The van der Waals surface area contributed by atoms with Gasteiger partial charge in [0, 0.05) is 49.3 Å². The minimum Gasteiger partial charge on any atom is -0.381 e. The van der Waals surface area contributed by atoms with E-state index >= 15 is 0 Å². The van der Waals surface area contributed by atoms with Gasteiger partial charge in [-0.15, -0.1) is 0 Å². The first-order valence-electron chi connectivity index (χ1n) is 11.6. The predicted molar refractivity (Wildman–Crippen MR) is 113 cm³/mol. The summed E-state index contributed by atoms with van der Waals surface area (Å²) in [6, 6.07) is 0.438. The van der Waals surface area contributed by atoms with Crippen LogP contribution in [-0.4, -0.2) is 74.5 Å². The van der Waals surface area contributed by atoms with Crippen LogP contribution in [0.15, 0.2) is 4.99 Å². The number of hydrogen-bond donors (Lipinski definition) is 2. The minimum absolute atomic E-state index is 0.159. The van der Waals surface area contributed by atoms with Crippen LogP contribution in [0.2, 0.25) is 0 Å². The molecule has 0 aromatic heterocycles. The standard InChI is InChI=1S/C22H40N4O2/c1-4-23-20(25-18-17-8-7-13-28-19(17)21(18,2)3)24-16-22(9-14-27-15-10-22)26-11-5-6-12-26/h17-19H,4-16H2,1-3H3,(H2,23,24,25). The molecule has 3 unspecified atom stereocenters. The van der Waals surface area contributed by atoms with Crippen molar-refractivity contribution in [3.63, 3.8) is 0 Å². The molecule has 6 nitrogen and oxygen atoms in total. The van der Waals surface area contributed by atoms with Crippen molar-refractivity contribution in [2.24, 2.45) is 16.3 Å². The highest BCUT2D eigenvalue weighted by atomic mass is 16.5. The lowest BCUT2D eigenvalue weighted by molar-refractivity contribution is -0.188. The van der Waals surface area contributed by atoms with E-state index in [-0.39, 0.29) is 11.0 Å². The molecule has 6 heteroatoms. The first-order valence-corrected chi connectivity index (χ1v) is 11.6. The second-order valence-electron chi connectivity index (χ2n) is 9.77. The van der Waals surface area contributed by atoms with Gasteiger partial charge in [0.15, 0.2) is 5.96 Å². The van der Waals surface area contributed by atoms with E-state index in [1.807, 2.05) is 0 Å². The molecule has 1 saturated carbocycles.